The Labute approximate surface area is 106 Å². The Hall–Kier alpha value is -0.120. The van der Waals surface area contributed by atoms with Gasteiger partial charge in [-0.15, -0.1) is 0 Å². The van der Waals surface area contributed by atoms with Gasteiger partial charge in [0.1, 0.15) is 0 Å². The van der Waals surface area contributed by atoms with E-state index in [0.29, 0.717) is 18.2 Å². The molecule has 2 fully saturated rings. The van der Waals surface area contributed by atoms with Crippen LogP contribution < -0.4 is 5.32 Å². The number of hydrogen-bond donors (Lipinski definition) is 1. The van der Waals surface area contributed by atoms with Crippen molar-refractivity contribution < 1.29 is 4.74 Å². The average Bonchev–Trinajstić information content (AvgIpc) is 2.82. The maximum Gasteiger partial charge on any atom is 0.0702 e. The lowest BCUT2D eigenvalue weighted by atomic mass is 10.1. The molecule has 3 nitrogen and oxygen atoms in total. The van der Waals surface area contributed by atoms with E-state index in [0.717, 1.165) is 13.2 Å². The highest BCUT2D eigenvalue weighted by atomic mass is 16.5. The van der Waals surface area contributed by atoms with Gasteiger partial charge in [-0.3, -0.25) is 4.90 Å². The standard InChI is InChI=1S/C14H28N2O/c1-12(2)16(10-13-6-5-8-15-13)11-14-7-3-4-9-17-14/h12-15H,3-11H2,1-2H3. The van der Waals surface area contributed by atoms with Gasteiger partial charge in [0.15, 0.2) is 0 Å². The fourth-order valence-corrected chi connectivity index (χ4v) is 2.90. The molecule has 0 radical (unpaired) electrons. The molecule has 2 aliphatic heterocycles. The highest BCUT2D eigenvalue weighted by molar-refractivity contribution is 4.81. The zero-order valence-corrected chi connectivity index (χ0v) is 11.5. The van der Waals surface area contributed by atoms with Crippen LogP contribution in [0.5, 0.6) is 0 Å². The van der Waals surface area contributed by atoms with Gasteiger partial charge in [0.05, 0.1) is 6.10 Å². The Morgan fingerprint density at radius 3 is 2.65 bits per heavy atom. The van der Waals surface area contributed by atoms with E-state index in [1.54, 1.807) is 0 Å². The van der Waals surface area contributed by atoms with E-state index in [1.807, 2.05) is 0 Å². The van der Waals surface area contributed by atoms with Crippen LogP contribution in [0.3, 0.4) is 0 Å². The lowest BCUT2D eigenvalue weighted by Crippen LogP contribution is -2.45. The Morgan fingerprint density at radius 1 is 1.18 bits per heavy atom. The molecule has 2 unspecified atom stereocenters. The minimum atomic E-state index is 0.479. The first-order valence-corrected chi connectivity index (χ1v) is 7.34. The van der Waals surface area contributed by atoms with Gasteiger partial charge >= 0.3 is 0 Å². The summed E-state index contributed by atoms with van der Waals surface area (Å²) < 4.78 is 5.86. The Kier molecular flexibility index (Phi) is 5.26. The summed E-state index contributed by atoms with van der Waals surface area (Å²) in [6, 6.07) is 1.34. The molecule has 2 heterocycles. The number of ether oxygens (including phenoxy) is 1. The summed E-state index contributed by atoms with van der Waals surface area (Å²) in [5.74, 6) is 0. The van der Waals surface area contributed by atoms with Crippen LogP contribution in [0.2, 0.25) is 0 Å². The van der Waals surface area contributed by atoms with Gasteiger partial charge in [-0.25, -0.2) is 0 Å². The minimum Gasteiger partial charge on any atom is -0.377 e. The molecule has 0 aliphatic carbocycles. The smallest absolute Gasteiger partial charge is 0.0702 e. The van der Waals surface area contributed by atoms with Crippen molar-refractivity contribution in [2.45, 2.75) is 64.1 Å². The third-order valence-corrected chi connectivity index (χ3v) is 4.06. The van der Waals surface area contributed by atoms with Crippen molar-refractivity contribution in [3.8, 4) is 0 Å². The number of hydrogen-bond acceptors (Lipinski definition) is 3. The predicted molar refractivity (Wildman–Crippen MR) is 71.3 cm³/mol. The number of nitrogens with one attached hydrogen (secondary N) is 1. The molecule has 17 heavy (non-hydrogen) atoms. The van der Waals surface area contributed by atoms with Gasteiger partial charge in [0, 0.05) is 31.8 Å². The van der Waals surface area contributed by atoms with Crippen molar-refractivity contribution in [1.82, 2.24) is 10.2 Å². The lowest BCUT2D eigenvalue weighted by molar-refractivity contribution is -0.0125. The monoisotopic (exact) mass is 240 g/mol. The molecular weight excluding hydrogens is 212 g/mol. The van der Waals surface area contributed by atoms with Crippen LogP contribution in [0.1, 0.15) is 46.0 Å². The molecule has 0 spiro atoms. The number of rotatable bonds is 5. The van der Waals surface area contributed by atoms with Crippen molar-refractivity contribution in [2.24, 2.45) is 0 Å². The molecule has 1 N–H and O–H groups in total. The molecule has 3 heteroatoms. The van der Waals surface area contributed by atoms with Crippen LogP contribution in [0, 0.1) is 0 Å². The average molecular weight is 240 g/mol. The maximum atomic E-state index is 5.86. The van der Waals surface area contributed by atoms with Crippen LogP contribution in [0.15, 0.2) is 0 Å². The molecular formula is C14H28N2O. The van der Waals surface area contributed by atoms with Crippen LogP contribution in [0.4, 0.5) is 0 Å². The lowest BCUT2D eigenvalue weighted by Gasteiger charge is -2.34. The molecule has 0 bridgehead atoms. The molecule has 2 atom stereocenters. The van der Waals surface area contributed by atoms with E-state index in [2.05, 4.69) is 24.1 Å². The van der Waals surface area contributed by atoms with E-state index >= 15 is 0 Å². The van der Waals surface area contributed by atoms with Crippen molar-refractivity contribution in [2.75, 3.05) is 26.2 Å². The van der Waals surface area contributed by atoms with E-state index in [4.69, 9.17) is 4.74 Å². The molecule has 0 saturated carbocycles. The molecule has 0 amide bonds. The molecule has 0 aromatic rings. The molecule has 0 aromatic heterocycles. The first-order valence-electron chi connectivity index (χ1n) is 7.34. The van der Waals surface area contributed by atoms with E-state index < -0.39 is 0 Å². The van der Waals surface area contributed by atoms with Gasteiger partial charge in [0.2, 0.25) is 0 Å². The third-order valence-electron chi connectivity index (χ3n) is 4.06. The van der Waals surface area contributed by atoms with Gasteiger partial charge < -0.3 is 10.1 Å². The molecule has 2 saturated heterocycles. The topological polar surface area (TPSA) is 24.5 Å². The zero-order chi connectivity index (χ0) is 12.1. The Morgan fingerprint density at radius 2 is 2.06 bits per heavy atom. The second kappa shape index (κ2) is 6.72. The fraction of sp³-hybridized carbons (Fsp3) is 1.00. The van der Waals surface area contributed by atoms with Gasteiger partial charge in [0.25, 0.3) is 0 Å². The summed E-state index contributed by atoms with van der Waals surface area (Å²) in [4.78, 5) is 2.60. The normalized spacial score (nSPS) is 30.4. The van der Waals surface area contributed by atoms with Crippen molar-refractivity contribution >= 4 is 0 Å². The van der Waals surface area contributed by atoms with Crippen LogP contribution in [0.25, 0.3) is 0 Å². The Bertz CT molecular complexity index is 208. The SMILES string of the molecule is CC(C)N(CC1CCCN1)CC1CCCCO1. The summed E-state index contributed by atoms with van der Waals surface area (Å²) in [6.45, 7) is 9.09. The highest BCUT2D eigenvalue weighted by Crippen LogP contribution is 2.16. The van der Waals surface area contributed by atoms with Gasteiger partial charge in [-0.05, 0) is 52.5 Å². The first-order chi connectivity index (χ1) is 8.25. The van der Waals surface area contributed by atoms with Gasteiger partial charge in [-0.1, -0.05) is 0 Å². The molecule has 2 aliphatic rings. The summed E-state index contributed by atoms with van der Waals surface area (Å²) >= 11 is 0. The van der Waals surface area contributed by atoms with Crippen molar-refractivity contribution in [1.29, 1.82) is 0 Å². The Balaban J connectivity index is 1.78. The molecule has 2 rings (SSSR count). The summed E-state index contributed by atoms with van der Waals surface area (Å²) in [5, 5.41) is 3.60. The highest BCUT2D eigenvalue weighted by Gasteiger charge is 2.23. The maximum absolute atomic E-state index is 5.86. The summed E-state index contributed by atoms with van der Waals surface area (Å²) in [5.41, 5.74) is 0. The molecule has 100 valence electrons. The van der Waals surface area contributed by atoms with Gasteiger partial charge in [-0.2, -0.15) is 0 Å². The summed E-state index contributed by atoms with van der Waals surface area (Å²) in [6.07, 6.45) is 7.01. The van der Waals surface area contributed by atoms with E-state index in [-0.39, 0.29) is 0 Å². The first kappa shape index (κ1) is 13.3. The number of nitrogens with zero attached hydrogens (tertiary/aromatic N) is 1. The quantitative estimate of drug-likeness (QED) is 0.795. The fourth-order valence-electron chi connectivity index (χ4n) is 2.90. The van der Waals surface area contributed by atoms with Crippen LogP contribution in [-0.4, -0.2) is 49.3 Å². The zero-order valence-electron chi connectivity index (χ0n) is 11.5. The second-order valence-corrected chi connectivity index (χ2v) is 5.83. The van der Waals surface area contributed by atoms with Crippen molar-refractivity contribution in [3.63, 3.8) is 0 Å². The summed E-state index contributed by atoms with van der Waals surface area (Å²) in [7, 11) is 0. The predicted octanol–water partition coefficient (Wildman–Crippen LogP) is 2.02. The van der Waals surface area contributed by atoms with Crippen LogP contribution in [-0.2, 0) is 4.74 Å². The van der Waals surface area contributed by atoms with E-state index in [1.165, 1.54) is 45.2 Å². The van der Waals surface area contributed by atoms with Crippen molar-refractivity contribution in [3.05, 3.63) is 0 Å². The second-order valence-electron chi connectivity index (χ2n) is 5.83. The third kappa shape index (κ3) is 4.23. The minimum absolute atomic E-state index is 0.479. The van der Waals surface area contributed by atoms with Crippen LogP contribution >= 0.6 is 0 Å². The molecule has 0 aromatic carbocycles. The largest absolute Gasteiger partial charge is 0.377 e. The van der Waals surface area contributed by atoms with E-state index in [9.17, 15) is 0 Å².